The Bertz CT molecular complexity index is 495. The summed E-state index contributed by atoms with van der Waals surface area (Å²) in [6.45, 7) is 0. The van der Waals surface area contributed by atoms with E-state index in [0.717, 1.165) is 4.47 Å². The lowest BCUT2D eigenvalue weighted by atomic mass is 10.1. The van der Waals surface area contributed by atoms with Gasteiger partial charge in [-0.05, 0) is 35.9 Å². The SMILES string of the molecule is Fc1cccc(-c2cc(Br)ccc2F)c1. The molecule has 76 valence electrons. The molecule has 2 aromatic rings. The van der Waals surface area contributed by atoms with Gasteiger partial charge < -0.3 is 0 Å². The van der Waals surface area contributed by atoms with Crippen LogP contribution < -0.4 is 0 Å². The van der Waals surface area contributed by atoms with E-state index >= 15 is 0 Å². The molecule has 0 saturated carbocycles. The van der Waals surface area contributed by atoms with Crippen LogP contribution in [0.25, 0.3) is 11.1 Å². The molecule has 0 bridgehead atoms. The third-order valence-electron chi connectivity index (χ3n) is 2.06. The summed E-state index contributed by atoms with van der Waals surface area (Å²) >= 11 is 3.25. The lowest BCUT2D eigenvalue weighted by Gasteiger charge is -2.04. The Labute approximate surface area is 94.7 Å². The van der Waals surface area contributed by atoms with E-state index in [-0.39, 0.29) is 11.6 Å². The summed E-state index contributed by atoms with van der Waals surface area (Å²) in [6, 6.07) is 10.5. The maximum Gasteiger partial charge on any atom is 0.131 e. The zero-order valence-electron chi connectivity index (χ0n) is 7.68. The molecule has 0 N–H and O–H groups in total. The topological polar surface area (TPSA) is 0 Å². The minimum atomic E-state index is -0.369. The van der Waals surface area contributed by atoms with Crippen LogP contribution >= 0.6 is 15.9 Å². The molecule has 0 spiro atoms. The van der Waals surface area contributed by atoms with Crippen LogP contribution in [0.2, 0.25) is 0 Å². The summed E-state index contributed by atoms with van der Waals surface area (Å²) in [5.74, 6) is -0.726. The summed E-state index contributed by atoms with van der Waals surface area (Å²) in [4.78, 5) is 0. The smallest absolute Gasteiger partial charge is 0.131 e. The molecule has 0 aliphatic carbocycles. The summed E-state index contributed by atoms with van der Waals surface area (Å²) in [5, 5.41) is 0. The van der Waals surface area contributed by atoms with Crippen molar-refractivity contribution in [3.63, 3.8) is 0 Å². The summed E-state index contributed by atoms with van der Waals surface area (Å²) in [5.41, 5.74) is 0.928. The van der Waals surface area contributed by atoms with E-state index < -0.39 is 0 Å². The Balaban J connectivity index is 2.58. The number of rotatable bonds is 1. The van der Waals surface area contributed by atoms with Crippen LogP contribution in [0, 0.1) is 11.6 Å². The highest BCUT2D eigenvalue weighted by atomic mass is 79.9. The highest BCUT2D eigenvalue weighted by Crippen LogP contribution is 2.26. The Morgan fingerprint density at radius 3 is 2.47 bits per heavy atom. The molecule has 0 aromatic heterocycles. The first kappa shape index (κ1) is 10.3. The fourth-order valence-corrected chi connectivity index (χ4v) is 1.74. The molecule has 0 nitrogen and oxygen atoms in total. The van der Waals surface area contributed by atoms with Crippen molar-refractivity contribution in [2.24, 2.45) is 0 Å². The van der Waals surface area contributed by atoms with E-state index in [1.54, 1.807) is 24.3 Å². The van der Waals surface area contributed by atoms with E-state index in [0.29, 0.717) is 11.1 Å². The van der Waals surface area contributed by atoms with Crippen molar-refractivity contribution in [1.29, 1.82) is 0 Å². The highest BCUT2D eigenvalue weighted by Gasteiger charge is 2.05. The van der Waals surface area contributed by atoms with Crippen LogP contribution in [0.1, 0.15) is 0 Å². The second kappa shape index (κ2) is 4.11. The molecule has 0 radical (unpaired) electrons. The van der Waals surface area contributed by atoms with Gasteiger partial charge in [0.15, 0.2) is 0 Å². The van der Waals surface area contributed by atoms with Crippen molar-refractivity contribution in [1.82, 2.24) is 0 Å². The van der Waals surface area contributed by atoms with Gasteiger partial charge in [0.1, 0.15) is 11.6 Å². The Morgan fingerprint density at radius 1 is 0.933 bits per heavy atom. The Hall–Kier alpha value is -1.22. The summed E-state index contributed by atoms with van der Waals surface area (Å²) in [7, 11) is 0. The Morgan fingerprint density at radius 2 is 1.73 bits per heavy atom. The number of hydrogen-bond acceptors (Lipinski definition) is 0. The third kappa shape index (κ3) is 2.23. The van der Waals surface area contributed by atoms with E-state index in [2.05, 4.69) is 15.9 Å². The van der Waals surface area contributed by atoms with Gasteiger partial charge >= 0.3 is 0 Å². The zero-order valence-corrected chi connectivity index (χ0v) is 9.26. The summed E-state index contributed by atoms with van der Waals surface area (Å²) < 4.78 is 27.2. The van der Waals surface area contributed by atoms with Gasteiger partial charge in [-0.1, -0.05) is 28.1 Å². The molecular weight excluding hydrogens is 262 g/mol. The van der Waals surface area contributed by atoms with E-state index in [4.69, 9.17) is 0 Å². The monoisotopic (exact) mass is 268 g/mol. The number of halogens is 3. The maximum absolute atomic E-state index is 13.4. The predicted molar refractivity (Wildman–Crippen MR) is 59.5 cm³/mol. The fourth-order valence-electron chi connectivity index (χ4n) is 1.37. The van der Waals surface area contributed by atoms with E-state index in [9.17, 15) is 8.78 Å². The third-order valence-corrected chi connectivity index (χ3v) is 2.56. The van der Waals surface area contributed by atoms with Crippen molar-refractivity contribution in [3.8, 4) is 11.1 Å². The molecule has 0 amide bonds. The van der Waals surface area contributed by atoms with Gasteiger partial charge in [-0.15, -0.1) is 0 Å². The molecule has 0 unspecified atom stereocenters. The molecule has 0 aliphatic rings. The van der Waals surface area contributed by atoms with Gasteiger partial charge in [0.2, 0.25) is 0 Å². The quantitative estimate of drug-likeness (QED) is 0.720. The first-order valence-corrected chi connectivity index (χ1v) is 5.17. The van der Waals surface area contributed by atoms with Crippen molar-refractivity contribution in [3.05, 3.63) is 58.6 Å². The molecule has 0 heterocycles. The van der Waals surface area contributed by atoms with Crippen molar-refractivity contribution in [2.75, 3.05) is 0 Å². The van der Waals surface area contributed by atoms with Crippen LogP contribution in [0.4, 0.5) is 8.78 Å². The zero-order chi connectivity index (χ0) is 10.8. The first-order chi connectivity index (χ1) is 7.16. The average molecular weight is 269 g/mol. The number of benzene rings is 2. The van der Waals surface area contributed by atoms with Crippen molar-refractivity contribution < 1.29 is 8.78 Å². The summed E-state index contributed by atoms with van der Waals surface area (Å²) in [6.07, 6.45) is 0. The van der Waals surface area contributed by atoms with Crippen LogP contribution in [0.3, 0.4) is 0 Å². The highest BCUT2D eigenvalue weighted by molar-refractivity contribution is 9.10. The molecule has 0 fully saturated rings. The van der Waals surface area contributed by atoms with Crippen molar-refractivity contribution in [2.45, 2.75) is 0 Å². The maximum atomic E-state index is 13.4. The van der Waals surface area contributed by atoms with Gasteiger partial charge in [0.25, 0.3) is 0 Å². The van der Waals surface area contributed by atoms with E-state index in [1.807, 2.05) is 0 Å². The van der Waals surface area contributed by atoms with Gasteiger partial charge in [-0.3, -0.25) is 0 Å². The molecule has 2 aromatic carbocycles. The van der Waals surface area contributed by atoms with Crippen LogP contribution in [0.5, 0.6) is 0 Å². The molecule has 0 aliphatic heterocycles. The van der Waals surface area contributed by atoms with Gasteiger partial charge in [-0.2, -0.15) is 0 Å². The molecule has 2 rings (SSSR count). The van der Waals surface area contributed by atoms with E-state index in [1.165, 1.54) is 18.2 Å². The molecule has 0 atom stereocenters. The molecule has 3 heteroatoms. The number of hydrogen-bond donors (Lipinski definition) is 0. The Kier molecular flexibility index (Phi) is 2.82. The molecule has 0 saturated heterocycles. The average Bonchev–Trinajstić information content (AvgIpc) is 2.22. The molecular formula is C12H7BrF2. The van der Waals surface area contributed by atoms with Gasteiger partial charge in [0, 0.05) is 10.0 Å². The normalized spacial score (nSPS) is 10.3. The second-order valence-electron chi connectivity index (χ2n) is 3.13. The van der Waals surface area contributed by atoms with Crippen LogP contribution in [-0.2, 0) is 0 Å². The largest absolute Gasteiger partial charge is 0.207 e. The second-order valence-corrected chi connectivity index (χ2v) is 4.05. The first-order valence-electron chi connectivity index (χ1n) is 4.38. The fraction of sp³-hybridized carbons (Fsp3) is 0. The minimum Gasteiger partial charge on any atom is -0.207 e. The standard InChI is InChI=1S/C12H7BrF2/c13-9-4-5-12(15)11(7-9)8-2-1-3-10(14)6-8/h1-7H. The van der Waals surface area contributed by atoms with Gasteiger partial charge in [0.05, 0.1) is 0 Å². The van der Waals surface area contributed by atoms with Crippen LogP contribution in [-0.4, -0.2) is 0 Å². The predicted octanol–water partition coefficient (Wildman–Crippen LogP) is 4.39. The minimum absolute atomic E-state index is 0.358. The van der Waals surface area contributed by atoms with Crippen molar-refractivity contribution >= 4 is 15.9 Å². The molecule has 15 heavy (non-hydrogen) atoms. The van der Waals surface area contributed by atoms with Crippen LogP contribution in [0.15, 0.2) is 46.9 Å². The van der Waals surface area contributed by atoms with Gasteiger partial charge in [-0.25, -0.2) is 8.78 Å². The lowest BCUT2D eigenvalue weighted by Crippen LogP contribution is -1.85. The lowest BCUT2D eigenvalue weighted by molar-refractivity contribution is 0.624.